The summed E-state index contributed by atoms with van der Waals surface area (Å²) in [4.78, 5) is 17.0. The number of hydrogen-bond acceptors (Lipinski definition) is 4. The van der Waals surface area contributed by atoms with E-state index in [1.54, 1.807) is 0 Å². The highest BCUT2D eigenvalue weighted by atomic mass is 16.5. The molecule has 0 atom stereocenters. The molecule has 5 heteroatoms. The Bertz CT molecular complexity index is 798. The van der Waals surface area contributed by atoms with Gasteiger partial charge >= 0.3 is 0 Å². The molecule has 1 amide bonds. The molecular weight excluding hydrogens is 350 g/mol. The minimum Gasteiger partial charge on any atom is -0.492 e. The summed E-state index contributed by atoms with van der Waals surface area (Å²) in [5.41, 5.74) is 4.88. The van der Waals surface area contributed by atoms with E-state index in [1.165, 1.54) is 16.8 Å². The topological polar surface area (TPSA) is 44.8 Å². The molecule has 0 radical (unpaired) electrons. The zero-order valence-electron chi connectivity index (χ0n) is 17.2. The molecule has 150 valence electrons. The fraction of sp³-hybridized carbons (Fsp3) is 0.435. The van der Waals surface area contributed by atoms with Crippen molar-refractivity contribution in [3.63, 3.8) is 0 Å². The van der Waals surface area contributed by atoms with E-state index in [1.807, 2.05) is 36.1 Å². The van der Waals surface area contributed by atoms with Gasteiger partial charge in [-0.05, 0) is 50.1 Å². The minimum absolute atomic E-state index is 0.210. The highest BCUT2D eigenvalue weighted by molar-refractivity contribution is 5.77. The van der Waals surface area contributed by atoms with Gasteiger partial charge in [0.25, 0.3) is 0 Å². The molecule has 1 N–H and O–H groups in total. The van der Waals surface area contributed by atoms with Crippen molar-refractivity contribution in [2.75, 3.05) is 49.5 Å². The summed E-state index contributed by atoms with van der Waals surface area (Å²) in [5.74, 6) is 1.04. The van der Waals surface area contributed by atoms with Gasteiger partial charge in [0.1, 0.15) is 5.75 Å². The van der Waals surface area contributed by atoms with Crippen LogP contribution < -0.4 is 15.0 Å². The van der Waals surface area contributed by atoms with Crippen LogP contribution in [0.25, 0.3) is 0 Å². The Morgan fingerprint density at radius 3 is 2.54 bits per heavy atom. The van der Waals surface area contributed by atoms with E-state index in [4.69, 9.17) is 4.74 Å². The second-order valence-corrected chi connectivity index (χ2v) is 7.19. The van der Waals surface area contributed by atoms with Crippen LogP contribution in [-0.4, -0.2) is 50.1 Å². The molecular formula is C23H31N3O2. The average molecular weight is 382 g/mol. The van der Waals surface area contributed by atoms with Crippen LogP contribution in [0.4, 0.5) is 11.4 Å². The Morgan fingerprint density at radius 2 is 1.79 bits per heavy atom. The second-order valence-electron chi connectivity index (χ2n) is 7.19. The van der Waals surface area contributed by atoms with Gasteiger partial charge in [0.15, 0.2) is 0 Å². The number of carbonyl (C=O) groups excluding carboxylic acids is 1. The Morgan fingerprint density at radius 1 is 1.04 bits per heavy atom. The van der Waals surface area contributed by atoms with Crippen molar-refractivity contribution in [2.24, 2.45) is 0 Å². The van der Waals surface area contributed by atoms with Crippen LogP contribution in [-0.2, 0) is 4.79 Å². The number of nitrogens with one attached hydrogen (secondary N) is 1. The van der Waals surface area contributed by atoms with Gasteiger partial charge in [-0.1, -0.05) is 24.3 Å². The van der Waals surface area contributed by atoms with E-state index in [0.29, 0.717) is 19.6 Å². The summed E-state index contributed by atoms with van der Waals surface area (Å²) in [6.45, 7) is 10.9. The molecule has 5 nitrogen and oxygen atoms in total. The van der Waals surface area contributed by atoms with Crippen molar-refractivity contribution in [2.45, 2.75) is 27.2 Å². The Balaban J connectivity index is 1.47. The molecule has 2 aromatic rings. The van der Waals surface area contributed by atoms with Crippen molar-refractivity contribution in [3.8, 4) is 5.75 Å². The molecule has 2 aromatic carbocycles. The molecule has 1 saturated heterocycles. The Hall–Kier alpha value is -2.69. The van der Waals surface area contributed by atoms with Gasteiger partial charge in [-0.25, -0.2) is 0 Å². The maximum absolute atomic E-state index is 12.6. The summed E-state index contributed by atoms with van der Waals surface area (Å²) in [6.07, 6.45) is 0.490. The molecule has 1 aliphatic heterocycles. The van der Waals surface area contributed by atoms with E-state index >= 15 is 0 Å². The van der Waals surface area contributed by atoms with E-state index in [9.17, 15) is 4.79 Å². The quantitative estimate of drug-likeness (QED) is 0.791. The molecule has 3 rings (SSSR count). The number of anilines is 2. The van der Waals surface area contributed by atoms with Crippen molar-refractivity contribution in [3.05, 3.63) is 53.6 Å². The van der Waals surface area contributed by atoms with Crippen LogP contribution >= 0.6 is 0 Å². The number of nitrogens with zero attached hydrogens (tertiary/aromatic N) is 2. The summed E-state index contributed by atoms with van der Waals surface area (Å²) < 4.78 is 5.62. The number of para-hydroxylation sites is 2. The summed E-state index contributed by atoms with van der Waals surface area (Å²) >= 11 is 0. The molecule has 1 fully saturated rings. The normalized spacial score (nSPS) is 14.1. The highest BCUT2D eigenvalue weighted by Gasteiger charge is 2.22. The van der Waals surface area contributed by atoms with Crippen molar-refractivity contribution in [1.82, 2.24) is 4.90 Å². The lowest BCUT2D eigenvalue weighted by molar-refractivity contribution is -0.131. The molecule has 0 aliphatic carbocycles. The molecule has 0 unspecified atom stereocenters. The van der Waals surface area contributed by atoms with Gasteiger partial charge in [0.05, 0.1) is 12.3 Å². The van der Waals surface area contributed by atoms with Gasteiger partial charge in [0.2, 0.25) is 5.91 Å². The number of rotatable bonds is 7. The van der Waals surface area contributed by atoms with Crippen LogP contribution in [0.15, 0.2) is 42.5 Å². The molecule has 1 aliphatic rings. The zero-order valence-corrected chi connectivity index (χ0v) is 17.2. The fourth-order valence-electron chi connectivity index (χ4n) is 3.63. The Labute approximate surface area is 168 Å². The lowest BCUT2D eigenvalue weighted by Crippen LogP contribution is -2.49. The SMILES string of the molecule is CCOc1ccccc1NCCC(=O)N1CCN(c2cccc(C)c2C)CC1. The third kappa shape index (κ3) is 4.77. The summed E-state index contributed by atoms with van der Waals surface area (Å²) in [6, 6.07) is 14.3. The van der Waals surface area contributed by atoms with E-state index in [0.717, 1.165) is 37.6 Å². The lowest BCUT2D eigenvalue weighted by Gasteiger charge is -2.37. The van der Waals surface area contributed by atoms with Crippen LogP contribution in [0.5, 0.6) is 5.75 Å². The third-order valence-corrected chi connectivity index (χ3v) is 5.39. The third-order valence-electron chi connectivity index (χ3n) is 5.39. The first-order valence-corrected chi connectivity index (χ1v) is 10.1. The smallest absolute Gasteiger partial charge is 0.224 e. The maximum Gasteiger partial charge on any atom is 0.224 e. The number of hydrogen-bond donors (Lipinski definition) is 1. The first-order valence-electron chi connectivity index (χ1n) is 10.1. The van der Waals surface area contributed by atoms with Crippen LogP contribution in [0.1, 0.15) is 24.5 Å². The van der Waals surface area contributed by atoms with E-state index in [-0.39, 0.29) is 5.91 Å². The predicted molar refractivity (Wildman–Crippen MR) is 115 cm³/mol. The molecule has 0 saturated carbocycles. The van der Waals surface area contributed by atoms with Crippen LogP contribution in [0.2, 0.25) is 0 Å². The van der Waals surface area contributed by atoms with Gasteiger partial charge in [-0.3, -0.25) is 4.79 Å². The van der Waals surface area contributed by atoms with Gasteiger partial charge in [-0.15, -0.1) is 0 Å². The molecule has 0 spiro atoms. The zero-order chi connectivity index (χ0) is 19.9. The largest absolute Gasteiger partial charge is 0.492 e. The van der Waals surface area contributed by atoms with Crippen LogP contribution in [0.3, 0.4) is 0 Å². The standard InChI is InChI=1S/C23H31N3O2/c1-4-28-22-11-6-5-9-20(22)24-13-12-23(27)26-16-14-25(15-17-26)21-10-7-8-18(2)19(21)3/h5-11,24H,4,12-17H2,1-3H3. The maximum atomic E-state index is 12.6. The first-order chi connectivity index (χ1) is 13.6. The monoisotopic (exact) mass is 381 g/mol. The number of aryl methyl sites for hydroxylation is 1. The highest BCUT2D eigenvalue weighted by Crippen LogP contribution is 2.25. The van der Waals surface area contributed by atoms with Crippen molar-refractivity contribution >= 4 is 17.3 Å². The van der Waals surface area contributed by atoms with Gasteiger partial charge < -0.3 is 19.9 Å². The van der Waals surface area contributed by atoms with Crippen molar-refractivity contribution < 1.29 is 9.53 Å². The van der Waals surface area contributed by atoms with Gasteiger partial charge in [-0.2, -0.15) is 0 Å². The Kier molecular flexibility index (Phi) is 6.80. The number of carbonyl (C=O) groups is 1. The second kappa shape index (κ2) is 9.49. The number of ether oxygens (including phenoxy) is 1. The van der Waals surface area contributed by atoms with E-state index < -0.39 is 0 Å². The number of piperazine rings is 1. The van der Waals surface area contributed by atoms with Crippen molar-refractivity contribution in [1.29, 1.82) is 0 Å². The molecule has 1 heterocycles. The summed E-state index contributed by atoms with van der Waals surface area (Å²) in [7, 11) is 0. The number of benzene rings is 2. The van der Waals surface area contributed by atoms with Crippen LogP contribution in [0, 0.1) is 13.8 Å². The molecule has 28 heavy (non-hydrogen) atoms. The first kappa shape index (κ1) is 20.1. The average Bonchev–Trinajstić information content (AvgIpc) is 2.71. The predicted octanol–water partition coefficient (Wildman–Crippen LogP) is 3.85. The summed E-state index contributed by atoms with van der Waals surface area (Å²) in [5, 5.41) is 3.33. The fourth-order valence-corrected chi connectivity index (χ4v) is 3.63. The van der Waals surface area contributed by atoms with Gasteiger partial charge in [0, 0.05) is 44.8 Å². The molecule has 0 aromatic heterocycles. The minimum atomic E-state index is 0.210. The molecule has 0 bridgehead atoms. The number of amides is 1. The van der Waals surface area contributed by atoms with E-state index in [2.05, 4.69) is 42.3 Å². The lowest BCUT2D eigenvalue weighted by atomic mass is 10.1.